The van der Waals surface area contributed by atoms with E-state index in [0.717, 1.165) is 15.6 Å². The van der Waals surface area contributed by atoms with Gasteiger partial charge in [-0.1, -0.05) is 48.2 Å². The molecular weight excluding hydrogens is 496 g/mol. The summed E-state index contributed by atoms with van der Waals surface area (Å²) in [4.78, 5) is 43.3. The van der Waals surface area contributed by atoms with Crippen LogP contribution in [0.4, 0.5) is 5.69 Å². The van der Waals surface area contributed by atoms with Crippen LogP contribution in [0.5, 0.6) is 0 Å². The van der Waals surface area contributed by atoms with Crippen molar-refractivity contribution in [3.05, 3.63) is 92.8 Å². The van der Waals surface area contributed by atoms with E-state index < -0.39 is 18.0 Å². The van der Waals surface area contributed by atoms with Gasteiger partial charge in [0.05, 0.1) is 16.9 Å². The van der Waals surface area contributed by atoms with E-state index in [2.05, 4.69) is 10.3 Å². The number of para-hydroxylation sites is 1. The van der Waals surface area contributed by atoms with Crippen LogP contribution in [-0.4, -0.2) is 32.3 Å². The highest BCUT2D eigenvalue weighted by molar-refractivity contribution is 8.00. The minimum atomic E-state index is -1.11. The van der Waals surface area contributed by atoms with Gasteiger partial charge in [0.1, 0.15) is 10.0 Å². The predicted molar refractivity (Wildman–Crippen MR) is 142 cm³/mol. The highest BCUT2D eigenvalue weighted by Gasteiger charge is 2.24. The minimum absolute atomic E-state index is 0.143. The first-order valence-corrected chi connectivity index (χ1v) is 13.1. The molecule has 0 bridgehead atoms. The highest BCUT2D eigenvalue weighted by Crippen LogP contribution is 2.27. The van der Waals surface area contributed by atoms with Crippen molar-refractivity contribution < 1.29 is 14.3 Å². The molecule has 0 aliphatic heterocycles. The molecule has 1 N–H and O–H groups in total. The molecule has 2 aromatic carbocycles. The summed E-state index contributed by atoms with van der Waals surface area (Å²) in [5.74, 6) is -0.642. The van der Waals surface area contributed by atoms with Crippen LogP contribution in [-0.2, 0) is 22.3 Å². The maximum atomic E-state index is 13.1. The summed E-state index contributed by atoms with van der Waals surface area (Å²) in [6.45, 7) is 5.16. The molecule has 0 fully saturated rings. The number of aromatic nitrogens is 3. The third kappa shape index (κ3) is 5.44. The zero-order valence-electron chi connectivity index (χ0n) is 20.3. The summed E-state index contributed by atoms with van der Waals surface area (Å²) in [6, 6.07) is 16.3. The van der Waals surface area contributed by atoms with Gasteiger partial charge >= 0.3 is 5.97 Å². The van der Waals surface area contributed by atoms with Gasteiger partial charge in [-0.2, -0.15) is 0 Å². The first-order valence-electron chi connectivity index (χ1n) is 11.2. The Morgan fingerprint density at radius 2 is 1.81 bits per heavy atom. The Kier molecular flexibility index (Phi) is 7.76. The number of thioether (sulfide) groups is 1. The molecule has 4 aromatic rings. The zero-order chi connectivity index (χ0) is 25.8. The second-order valence-electron chi connectivity index (χ2n) is 8.17. The number of hydrogen-bond acceptors (Lipinski definition) is 7. The Labute approximate surface area is 216 Å². The summed E-state index contributed by atoms with van der Waals surface area (Å²) in [5, 5.41) is 4.63. The number of esters is 1. The molecule has 0 saturated carbocycles. The Bertz CT molecular complexity index is 1460. The second kappa shape index (κ2) is 11.0. The number of anilines is 1. The maximum absolute atomic E-state index is 13.1. The van der Waals surface area contributed by atoms with Crippen molar-refractivity contribution in [2.75, 3.05) is 5.32 Å². The fourth-order valence-electron chi connectivity index (χ4n) is 3.60. The van der Waals surface area contributed by atoms with Gasteiger partial charge in [0.25, 0.3) is 11.5 Å². The predicted octanol–water partition coefficient (Wildman–Crippen LogP) is 4.73. The molecule has 0 aliphatic carbocycles. The molecule has 1 atom stereocenters. The molecule has 0 aliphatic rings. The van der Waals surface area contributed by atoms with E-state index in [4.69, 9.17) is 4.74 Å². The van der Waals surface area contributed by atoms with Crippen LogP contribution >= 0.6 is 23.1 Å². The quantitative estimate of drug-likeness (QED) is 0.266. The van der Waals surface area contributed by atoms with E-state index in [9.17, 15) is 14.4 Å². The van der Waals surface area contributed by atoms with E-state index in [1.807, 2.05) is 54.8 Å². The SMILES string of the molecule is Cc1csc(SCc2ccccc2C(=O)OC(C)C(=O)Nc2c(C)n(C)n(-c3ccccc3)c2=O)n1. The van der Waals surface area contributed by atoms with Crippen molar-refractivity contribution in [3.8, 4) is 5.69 Å². The number of amides is 1. The number of hydrogen-bond donors (Lipinski definition) is 1. The van der Waals surface area contributed by atoms with Crippen LogP contribution in [0.3, 0.4) is 0 Å². The van der Waals surface area contributed by atoms with Gasteiger partial charge in [0.15, 0.2) is 6.10 Å². The average Bonchev–Trinajstić information content (AvgIpc) is 3.39. The van der Waals surface area contributed by atoms with Crippen molar-refractivity contribution in [2.45, 2.75) is 37.0 Å². The molecule has 2 heterocycles. The number of nitrogens with zero attached hydrogens (tertiary/aromatic N) is 3. The lowest BCUT2D eigenvalue weighted by Crippen LogP contribution is -2.32. The van der Waals surface area contributed by atoms with Gasteiger partial charge in [-0.05, 0) is 44.5 Å². The van der Waals surface area contributed by atoms with Crippen LogP contribution in [0.25, 0.3) is 5.69 Å². The van der Waals surface area contributed by atoms with Gasteiger partial charge in [-0.15, -0.1) is 11.3 Å². The Morgan fingerprint density at radius 1 is 1.11 bits per heavy atom. The van der Waals surface area contributed by atoms with Gasteiger partial charge in [0, 0.05) is 23.9 Å². The monoisotopic (exact) mass is 522 g/mol. The molecule has 4 rings (SSSR count). The van der Waals surface area contributed by atoms with E-state index in [0.29, 0.717) is 22.7 Å². The topological polar surface area (TPSA) is 95.2 Å². The van der Waals surface area contributed by atoms with Gasteiger partial charge in [0.2, 0.25) is 0 Å². The molecule has 1 unspecified atom stereocenters. The Morgan fingerprint density at radius 3 is 2.50 bits per heavy atom. The largest absolute Gasteiger partial charge is 0.449 e. The smallest absolute Gasteiger partial charge is 0.339 e. The van der Waals surface area contributed by atoms with Crippen LogP contribution in [0.1, 0.15) is 34.2 Å². The summed E-state index contributed by atoms with van der Waals surface area (Å²) >= 11 is 3.09. The summed E-state index contributed by atoms with van der Waals surface area (Å²) in [7, 11) is 1.74. The lowest BCUT2D eigenvalue weighted by molar-refractivity contribution is -0.123. The first-order chi connectivity index (χ1) is 17.3. The Hall–Kier alpha value is -3.63. The molecule has 0 saturated heterocycles. The maximum Gasteiger partial charge on any atom is 0.339 e. The van der Waals surface area contributed by atoms with Gasteiger partial charge in [-0.25, -0.2) is 14.5 Å². The van der Waals surface area contributed by atoms with Crippen LogP contribution < -0.4 is 10.9 Å². The zero-order valence-corrected chi connectivity index (χ0v) is 22.0. The van der Waals surface area contributed by atoms with Crippen LogP contribution in [0.15, 0.2) is 69.1 Å². The summed E-state index contributed by atoms with van der Waals surface area (Å²) in [6.07, 6.45) is -1.11. The molecule has 10 heteroatoms. The second-order valence-corrected chi connectivity index (χ2v) is 10.3. The third-order valence-corrected chi connectivity index (χ3v) is 7.83. The highest BCUT2D eigenvalue weighted by atomic mass is 32.2. The van der Waals surface area contributed by atoms with Crippen molar-refractivity contribution in [1.82, 2.24) is 14.3 Å². The number of ether oxygens (including phenoxy) is 1. The normalized spacial score (nSPS) is 11.8. The number of nitrogens with one attached hydrogen (secondary N) is 1. The van der Waals surface area contributed by atoms with Gasteiger partial charge < -0.3 is 10.1 Å². The van der Waals surface area contributed by atoms with Crippen molar-refractivity contribution in [3.63, 3.8) is 0 Å². The van der Waals surface area contributed by atoms with Crippen LogP contribution in [0, 0.1) is 13.8 Å². The van der Waals surface area contributed by atoms with Crippen molar-refractivity contribution in [2.24, 2.45) is 7.05 Å². The Balaban J connectivity index is 1.46. The van der Waals surface area contributed by atoms with Crippen molar-refractivity contribution >= 4 is 40.7 Å². The van der Waals surface area contributed by atoms with Crippen LogP contribution in [0.2, 0.25) is 0 Å². The number of thiazole rings is 1. The lowest BCUT2D eigenvalue weighted by atomic mass is 10.1. The third-order valence-electron chi connectivity index (χ3n) is 5.64. The van der Waals surface area contributed by atoms with Crippen molar-refractivity contribution in [1.29, 1.82) is 0 Å². The number of benzene rings is 2. The fourth-order valence-corrected chi connectivity index (χ4v) is 5.45. The molecule has 0 spiro atoms. The number of carbonyl (C=O) groups is 2. The molecule has 1 amide bonds. The number of aryl methyl sites for hydroxylation is 1. The van der Waals surface area contributed by atoms with E-state index in [1.165, 1.54) is 23.4 Å². The fraction of sp³-hybridized carbons (Fsp3) is 0.231. The lowest BCUT2D eigenvalue weighted by Gasteiger charge is -2.14. The molecule has 0 radical (unpaired) electrons. The van der Waals surface area contributed by atoms with E-state index in [1.54, 1.807) is 42.1 Å². The number of rotatable bonds is 8. The number of carbonyl (C=O) groups excluding carboxylic acids is 2. The molecule has 8 nitrogen and oxygen atoms in total. The summed E-state index contributed by atoms with van der Waals surface area (Å²) in [5.41, 5.74) is 3.17. The van der Waals surface area contributed by atoms with Gasteiger partial charge in [-0.3, -0.25) is 14.3 Å². The molecule has 186 valence electrons. The molecular formula is C26H26N4O4S2. The first kappa shape index (κ1) is 25.5. The average molecular weight is 523 g/mol. The van der Waals surface area contributed by atoms with E-state index >= 15 is 0 Å². The molecule has 2 aromatic heterocycles. The summed E-state index contributed by atoms with van der Waals surface area (Å²) < 4.78 is 9.54. The van der Waals surface area contributed by atoms with E-state index in [-0.39, 0.29) is 11.2 Å². The minimum Gasteiger partial charge on any atom is -0.449 e. The molecule has 36 heavy (non-hydrogen) atoms. The standard InChI is InChI=1S/C26H26N4O4S2/c1-16-14-35-26(27-16)36-15-19-10-8-9-13-21(19)25(33)34-18(3)23(31)28-22-17(2)29(4)30(24(22)32)20-11-6-5-7-12-20/h5-14,18H,15H2,1-4H3,(H,28,31).